The first-order valence-corrected chi connectivity index (χ1v) is 8.90. The number of benzene rings is 1. The molecule has 1 atom stereocenters. The molecule has 3 N–H and O–H groups in total. The van der Waals surface area contributed by atoms with Gasteiger partial charge in [-0.2, -0.15) is 0 Å². The lowest BCUT2D eigenvalue weighted by atomic mass is 9.91. The highest BCUT2D eigenvalue weighted by Gasteiger charge is 2.51. The van der Waals surface area contributed by atoms with Gasteiger partial charge in [0.1, 0.15) is 23.7 Å². The summed E-state index contributed by atoms with van der Waals surface area (Å²) in [5.74, 6) is -3.45. The molecule has 1 saturated heterocycles. The molecule has 2 aliphatic rings. The number of nitrogens with one attached hydrogen (secondary N) is 3. The Morgan fingerprint density at radius 2 is 1.93 bits per heavy atom. The van der Waals surface area contributed by atoms with Crippen molar-refractivity contribution in [1.82, 2.24) is 20.9 Å². The number of rotatable bonds is 4. The zero-order valence-electron chi connectivity index (χ0n) is 15.2. The number of urea groups is 2. The fourth-order valence-corrected chi connectivity index (χ4v) is 3.51. The second kappa shape index (κ2) is 7.53. The number of carbonyl (C=O) groups is 4. The highest BCUT2D eigenvalue weighted by Crippen LogP contribution is 2.31. The molecule has 8 nitrogen and oxygen atoms in total. The Labute approximate surface area is 159 Å². The second-order valence-corrected chi connectivity index (χ2v) is 7.07. The smallest absolute Gasteiger partial charge is 0.325 e. The van der Waals surface area contributed by atoms with Crippen molar-refractivity contribution in [3.05, 3.63) is 35.4 Å². The molecule has 10 heteroatoms. The first-order chi connectivity index (χ1) is 13.2. The Bertz CT molecular complexity index is 841. The van der Waals surface area contributed by atoms with Crippen LogP contribution >= 0.6 is 0 Å². The van der Waals surface area contributed by atoms with Crippen LogP contribution in [-0.2, 0) is 15.1 Å². The van der Waals surface area contributed by atoms with Crippen LogP contribution in [0.5, 0.6) is 0 Å². The third-order valence-electron chi connectivity index (χ3n) is 4.99. The van der Waals surface area contributed by atoms with Crippen molar-refractivity contribution in [1.29, 1.82) is 0 Å². The van der Waals surface area contributed by atoms with Gasteiger partial charge in [-0.1, -0.05) is 12.8 Å². The van der Waals surface area contributed by atoms with E-state index in [9.17, 15) is 28.0 Å². The zero-order valence-corrected chi connectivity index (χ0v) is 15.2. The Kier molecular flexibility index (Phi) is 5.30. The summed E-state index contributed by atoms with van der Waals surface area (Å²) in [6.45, 7) is 0.491. The lowest BCUT2D eigenvalue weighted by molar-refractivity contribution is -0.134. The van der Waals surface area contributed by atoms with Crippen LogP contribution in [0.4, 0.5) is 18.4 Å². The normalized spacial score (nSPS) is 22.3. The molecule has 2 fully saturated rings. The summed E-state index contributed by atoms with van der Waals surface area (Å²) in [6, 6.07) is 0.885. The molecule has 3 rings (SSSR count). The Morgan fingerprint density at radius 3 is 2.61 bits per heavy atom. The first kappa shape index (κ1) is 19.7. The molecule has 1 aliphatic heterocycles. The van der Waals surface area contributed by atoms with Gasteiger partial charge in [-0.15, -0.1) is 0 Å². The molecule has 0 bridgehead atoms. The van der Waals surface area contributed by atoms with Crippen LogP contribution in [0.3, 0.4) is 0 Å². The van der Waals surface area contributed by atoms with Crippen molar-refractivity contribution in [3.8, 4) is 0 Å². The molecule has 1 aromatic carbocycles. The second-order valence-electron chi connectivity index (χ2n) is 7.07. The van der Waals surface area contributed by atoms with E-state index >= 15 is 0 Å². The van der Waals surface area contributed by atoms with Gasteiger partial charge in [-0.3, -0.25) is 19.8 Å². The van der Waals surface area contributed by atoms with Crippen LogP contribution in [0.2, 0.25) is 0 Å². The van der Waals surface area contributed by atoms with Crippen molar-refractivity contribution in [2.75, 3.05) is 6.54 Å². The Balaban J connectivity index is 1.67. The standard InChI is InChI=1S/C18H20F2N4O4/c1-18(12-8-10(19)6-7-13(12)20)15(26)24(17(28)23-18)9-14(25)22-16(27)21-11-4-2-3-5-11/h6-8,11H,2-5,9H2,1H3,(H,23,28)(H2,21,22,25,27)/t18-/m1/s1. The van der Waals surface area contributed by atoms with E-state index in [1.165, 1.54) is 6.92 Å². The maximum absolute atomic E-state index is 14.1. The fourth-order valence-electron chi connectivity index (χ4n) is 3.51. The van der Waals surface area contributed by atoms with Crippen molar-refractivity contribution in [3.63, 3.8) is 0 Å². The average Bonchev–Trinajstić information content (AvgIpc) is 3.20. The maximum Gasteiger partial charge on any atom is 0.325 e. The molecule has 0 aromatic heterocycles. The van der Waals surface area contributed by atoms with Gasteiger partial charge in [0.05, 0.1) is 0 Å². The monoisotopic (exact) mass is 394 g/mol. The van der Waals surface area contributed by atoms with Gasteiger partial charge in [0.25, 0.3) is 5.91 Å². The van der Waals surface area contributed by atoms with E-state index in [4.69, 9.17) is 0 Å². The minimum absolute atomic E-state index is 0.0104. The van der Waals surface area contributed by atoms with Gasteiger partial charge in [0.15, 0.2) is 0 Å². The molecule has 1 heterocycles. The number of carbonyl (C=O) groups excluding carboxylic acids is 4. The number of hydrogen-bond acceptors (Lipinski definition) is 4. The van der Waals surface area contributed by atoms with E-state index in [-0.39, 0.29) is 11.6 Å². The SMILES string of the molecule is C[C@]1(c2cc(F)ccc2F)NC(=O)N(CC(=O)NC(=O)NC2CCCC2)C1=O. The van der Waals surface area contributed by atoms with E-state index in [0.29, 0.717) is 4.90 Å². The number of amides is 6. The van der Waals surface area contributed by atoms with E-state index < -0.39 is 47.6 Å². The van der Waals surface area contributed by atoms with Crippen molar-refractivity contribution >= 4 is 23.9 Å². The predicted octanol–water partition coefficient (Wildman–Crippen LogP) is 1.50. The molecule has 1 saturated carbocycles. The van der Waals surface area contributed by atoms with E-state index in [1.54, 1.807) is 0 Å². The molecule has 6 amide bonds. The minimum Gasteiger partial charge on any atom is -0.335 e. The molecular weight excluding hydrogens is 374 g/mol. The van der Waals surface area contributed by atoms with Gasteiger partial charge < -0.3 is 10.6 Å². The van der Waals surface area contributed by atoms with Crippen molar-refractivity contribution in [2.24, 2.45) is 0 Å². The quantitative estimate of drug-likeness (QED) is 0.673. The van der Waals surface area contributed by atoms with Gasteiger partial charge in [0.2, 0.25) is 5.91 Å². The van der Waals surface area contributed by atoms with Crippen molar-refractivity contribution < 1.29 is 28.0 Å². The molecule has 1 aliphatic carbocycles. The van der Waals surface area contributed by atoms with Crippen LogP contribution in [0.1, 0.15) is 38.2 Å². The van der Waals surface area contributed by atoms with Gasteiger partial charge in [-0.05, 0) is 38.0 Å². The summed E-state index contributed by atoms with van der Waals surface area (Å²) >= 11 is 0. The predicted molar refractivity (Wildman–Crippen MR) is 92.9 cm³/mol. The van der Waals surface area contributed by atoms with Crippen LogP contribution in [0, 0.1) is 11.6 Å². The zero-order chi connectivity index (χ0) is 20.5. The molecule has 0 spiro atoms. The average molecular weight is 394 g/mol. The van der Waals surface area contributed by atoms with Crippen LogP contribution < -0.4 is 16.0 Å². The molecular formula is C18H20F2N4O4. The van der Waals surface area contributed by atoms with Gasteiger partial charge in [0, 0.05) is 11.6 Å². The molecule has 0 unspecified atom stereocenters. The van der Waals surface area contributed by atoms with E-state index in [1.807, 2.05) is 0 Å². The summed E-state index contributed by atoms with van der Waals surface area (Å²) in [4.78, 5) is 49.3. The highest BCUT2D eigenvalue weighted by atomic mass is 19.1. The van der Waals surface area contributed by atoms with Crippen LogP contribution in [0.25, 0.3) is 0 Å². The van der Waals surface area contributed by atoms with Crippen LogP contribution in [-0.4, -0.2) is 41.4 Å². The molecule has 1 aromatic rings. The topological polar surface area (TPSA) is 108 Å². The van der Waals surface area contributed by atoms with E-state index in [2.05, 4.69) is 16.0 Å². The summed E-state index contributed by atoms with van der Waals surface area (Å²) in [6.07, 6.45) is 3.64. The fraction of sp³-hybridized carbons (Fsp3) is 0.444. The highest BCUT2D eigenvalue weighted by molar-refractivity contribution is 6.10. The van der Waals surface area contributed by atoms with Crippen LogP contribution in [0.15, 0.2) is 18.2 Å². The largest absolute Gasteiger partial charge is 0.335 e. The van der Waals surface area contributed by atoms with Crippen molar-refractivity contribution in [2.45, 2.75) is 44.2 Å². The van der Waals surface area contributed by atoms with E-state index in [0.717, 1.165) is 43.9 Å². The number of imide groups is 2. The minimum atomic E-state index is -1.87. The third-order valence-corrected chi connectivity index (χ3v) is 4.99. The summed E-state index contributed by atoms with van der Waals surface area (Å²) < 4.78 is 27.6. The lowest BCUT2D eigenvalue weighted by Gasteiger charge is -2.22. The maximum atomic E-state index is 14.1. The molecule has 0 radical (unpaired) electrons. The number of hydrogen-bond donors (Lipinski definition) is 3. The number of halogens is 2. The number of nitrogens with zero attached hydrogens (tertiary/aromatic N) is 1. The molecule has 28 heavy (non-hydrogen) atoms. The third kappa shape index (κ3) is 3.80. The lowest BCUT2D eigenvalue weighted by Crippen LogP contribution is -2.48. The van der Waals surface area contributed by atoms with Gasteiger partial charge >= 0.3 is 12.1 Å². The first-order valence-electron chi connectivity index (χ1n) is 8.90. The summed E-state index contributed by atoms with van der Waals surface area (Å²) in [7, 11) is 0. The Hall–Kier alpha value is -3.04. The summed E-state index contributed by atoms with van der Waals surface area (Å²) in [5, 5.41) is 6.99. The summed E-state index contributed by atoms with van der Waals surface area (Å²) in [5.41, 5.74) is -2.22. The molecule has 150 valence electrons. The van der Waals surface area contributed by atoms with Gasteiger partial charge in [-0.25, -0.2) is 18.4 Å². The Morgan fingerprint density at radius 1 is 1.25 bits per heavy atom.